The van der Waals surface area contributed by atoms with Crippen LogP contribution in [-0.4, -0.2) is 22.6 Å². The summed E-state index contributed by atoms with van der Waals surface area (Å²) in [6, 6.07) is 0. The summed E-state index contributed by atoms with van der Waals surface area (Å²) in [5.41, 5.74) is 0. The molecule has 66 valence electrons. The molecule has 1 aromatic heterocycles. The molecule has 0 spiro atoms. The number of nitrogens with one attached hydrogen (secondary N) is 1. The fourth-order valence-corrected chi connectivity index (χ4v) is 0.702. The minimum atomic E-state index is -0.308. The van der Waals surface area contributed by atoms with Crippen molar-refractivity contribution < 1.29 is 9.21 Å². The average Bonchev–Trinajstić information content (AvgIpc) is 2.47. The number of nitrogens with zero attached hydrogens (tertiary/aromatic N) is 2. The molecule has 0 aliphatic rings. The van der Waals surface area contributed by atoms with Gasteiger partial charge in [0.1, 0.15) is 0 Å². The number of hydrogen-bond acceptors (Lipinski definition) is 4. The van der Waals surface area contributed by atoms with Crippen molar-refractivity contribution in [3.8, 4) is 0 Å². The number of aryl methyl sites for hydroxylation is 1. The van der Waals surface area contributed by atoms with E-state index in [2.05, 4.69) is 15.5 Å². The molecule has 0 radical (unpaired) electrons. The summed E-state index contributed by atoms with van der Waals surface area (Å²) in [5, 5.41) is 9.73. The highest BCUT2D eigenvalue weighted by molar-refractivity contribution is 5.89. The van der Waals surface area contributed by atoms with Gasteiger partial charge in [-0.1, -0.05) is 6.92 Å². The van der Waals surface area contributed by atoms with Crippen LogP contribution in [0.1, 0.15) is 29.9 Å². The number of carbonyl (C=O) groups excluding carboxylic acids is 1. The molecule has 1 aromatic rings. The SMILES string of the molecule is CCCNC(=O)c1nnc(C)o1. The standard InChI is InChI=1S/C7H11N3O2/c1-3-4-8-6(11)7-10-9-5(2)12-7/h3-4H2,1-2H3,(H,8,11). The molecule has 0 fully saturated rings. The predicted molar refractivity (Wildman–Crippen MR) is 41.7 cm³/mol. The maximum absolute atomic E-state index is 11.1. The van der Waals surface area contributed by atoms with Gasteiger partial charge in [-0.2, -0.15) is 0 Å². The molecular formula is C7H11N3O2. The molecule has 0 aromatic carbocycles. The van der Waals surface area contributed by atoms with E-state index >= 15 is 0 Å². The molecule has 0 unspecified atom stereocenters. The third-order valence-electron chi connectivity index (χ3n) is 1.26. The van der Waals surface area contributed by atoms with Crippen molar-refractivity contribution in [2.45, 2.75) is 20.3 Å². The van der Waals surface area contributed by atoms with Gasteiger partial charge in [-0.15, -0.1) is 10.2 Å². The van der Waals surface area contributed by atoms with Crippen LogP contribution in [0, 0.1) is 6.92 Å². The second-order valence-electron chi connectivity index (χ2n) is 2.38. The Morgan fingerprint density at radius 3 is 2.83 bits per heavy atom. The maximum atomic E-state index is 11.1. The van der Waals surface area contributed by atoms with Crippen LogP contribution in [0.25, 0.3) is 0 Å². The van der Waals surface area contributed by atoms with Gasteiger partial charge >= 0.3 is 11.8 Å². The van der Waals surface area contributed by atoms with Gasteiger partial charge in [-0.3, -0.25) is 4.79 Å². The van der Waals surface area contributed by atoms with E-state index in [0.29, 0.717) is 12.4 Å². The van der Waals surface area contributed by atoms with Crippen molar-refractivity contribution in [1.82, 2.24) is 15.5 Å². The molecule has 0 aliphatic carbocycles. The highest BCUT2D eigenvalue weighted by atomic mass is 16.4. The van der Waals surface area contributed by atoms with Crippen molar-refractivity contribution in [3.63, 3.8) is 0 Å². The Morgan fingerprint density at radius 1 is 1.58 bits per heavy atom. The Labute approximate surface area is 70.2 Å². The Kier molecular flexibility index (Phi) is 2.79. The second kappa shape index (κ2) is 3.85. The fraction of sp³-hybridized carbons (Fsp3) is 0.571. The van der Waals surface area contributed by atoms with Gasteiger partial charge in [0.05, 0.1) is 0 Å². The summed E-state index contributed by atoms with van der Waals surface area (Å²) < 4.78 is 4.91. The Bertz CT molecular complexity index is 269. The summed E-state index contributed by atoms with van der Waals surface area (Å²) >= 11 is 0. The van der Waals surface area contributed by atoms with Gasteiger partial charge in [0.2, 0.25) is 5.89 Å². The van der Waals surface area contributed by atoms with Crippen molar-refractivity contribution in [3.05, 3.63) is 11.8 Å². The quantitative estimate of drug-likeness (QED) is 0.716. The number of amides is 1. The molecule has 0 atom stereocenters. The zero-order valence-corrected chi connectivity index (χ0v) is 7.13. The van der Waals surface area contributed by atoms with Gasteiger partial charge in [-0.05, 0) is 6.42 Å². The van der Waals surface area contributed by atoms with Crippen LogP contribution in [-0.2, 0) is 0 Å². The average molecular weight is 169 g/mol. The van der Waals surface area contributed by atoms with E-state index in [1.165, 1.54) is 0 Å². The van der Waals surface area contributed by atoms with E-state index in [1.807, 2.05) is 6.92 Å². The first-order chi connectivity index (χ1) is 5.74. The van der Waals surface area contributed by atoms with E-state index < -0.39 is 0 Å². The maximum Gasteiger partial charge on any atom is 0.308 e. The molecule has 1 N–H and O–H groups in total. The lowest BCUT2D eigenvalue weighted by Crippen LogP contribution is -2.24. The molecule has 0 saturated heterocycles. The largest absolute Gasteiger partial charge is 0.417 e. The van der Waals surface area contributed by atoms with E-state index in [0.717, 1.165) is 6.42 Å². The molecule has 0 bridgehead atoms. The first kappa shape index (κ1) is 8.70. The minimum Gasteiger partial charge on any atom is -0.417 e. The van der Waals surface area contributed by atoms with Gasteiger partial charge in [-0.25, -0.2) is 0 Å². The number of aromatic nitrogens is 2. The topological polar surface area (TPSA) is 68.0 Å². The van der Waals surface area contributed by atoms with Crippen LogP contribution in [0.2, 0.25) is 0 Å². The monoisotopic (exact) mass is 169 g/mol. The molecule has 1 amide bonds. The number of hydrogen-bond donors (Lipinski definition) is 1. The zero-order valence-electron chi connectivity index (χ0n) is 7.13. The van der Waals surface area contributed by atoms with Crippen LogP contribution in [0.3, 0.4) is 0 Å². The Hall–Kier alpha value is -1.39. The summed E-state index contributed by atoms with van der Waals surface area (Å²) in [4.78, 5) is 11.1. The van der Waals surface area contributed by atoms with Crippen molar-refractivity contribution >= 4 is 5.91 Å². The van der Waals surface area contributed by atoms with Gasteiger partial charge in [0.15, 0.2) is 0 Å². The summed E-state index contributed by atoms with van der Waals surface area (Å²) in [5.74, 6) is 0.120. The normalized spacial score (nSPS) is 9.83. The summed E-state index contributed by atoms with van der Waals surface area (Å²) in [6.07, 6.45) is 0.888. The molecule has 0 aliphatic heterocycles. The van der Waals surface area contributed by atoms with Gasteiger partial charge < -0.3 is 9.73 Å². The molecule has 5 nitrogen and oxygen atoms in total. The van der Waals surface area contributed by atoms with E-state index in [4.69, 9.17) is 4.42 Å². The lowest BCUT2D eigenvalue weighted by atomic mass is 10.4. The highest BCUT2D eigenvalue weighted by Crippen LogP contribution is 1.96. The molecule has 0 saturated carbocycles. The van der Waals surface area contributed by atoms with Crippen LogP contribution in [0.5, 0.6) is 0 Å². The predicted octanol–water partition coefficient (Wildman–Crippen LogP) is 0.518. The number of rotatable bonds is 3. The van der Waals surface area contributed by atoms with E-state index in [-0.39, 0.29) is 11.8 Å². The third kappa shape index (κ3) is 2.05. The molecule has 1 heterocycles. The van der Waals surface area contributed by atoms with Crippen LogP contribution < -0.4 is 5.32 Å². The van der Waals surface area contributed by atoms with E-state index in [9.17, 15) is 4.79 Å². The second-order valence-corrected chi connectivity index (χ2v) is 2.38. The Balaban J connectivity index is 2.53. The van der Waals surface area contributed by atoms with E-state index in [1.54, 1.807) is 6.92 Å². The fourth-order valence-electron chi connectivity index (χ4n) is 0.702. The van der Waals surface area contributed by atoms with Gasteiger partial charge in [0.25, 0.3) is 0 Å². The summed E-state index contributed by atoms with van der Waals surface area (Å²) in [6.45, 7) is 4.24. The number of carbonyl (C=O) groups is 1. The van der Waals surface area contributed by atoms with Crippen LogP contribution in [0.4, 0.5) is 0 Å². The van der Waals surface area contributed by atoms with Crippen molar-refractivity contribution in [1.29, 1.82) is 0 Å². The molecule has 5 heteroatoms. The lowest BCUT2D eigenvalue weighted by Gasteiger charge is -1.96. The highest BCUT2D eigenvalue weighted by Gasteiger charge is 2.11. The lowest BCUT2D eigenvalue weighted by molar-refractivity contribution is 0.0917. The van der Waals surface area contributed by atoms with Crippen molar-refractivity contribution in [2.75, 3.05) is 6.54 Å². The smallest absolute Gasteiger partial charge is 0.308 e. The third-order valence-corrected chi connectivity index (χ3v) is 1.26. The molecular weight excluding hydrogens is 158 g/mol. The van der Waals surface area contributed by atoms with Crippen molar-refractivity contribution in [2.24, 2.45) is 0 Å². The molecule has 1 rings (SSSR count). The van der Waals surface area contributed by atoms with Crippen LogP contribution >= 0.6 is 0 Å². The first-order valence-electron chi connectivity index (χ1n) is 3.82. The van der Waals surface area contributed by atoms with Crippen LogP contribution in [0.15, 0.2) is 4.42 Å². The summed E-state index contributed by atoms with van der Waals surface area (Å²) in [7, 11) is 0. The Morgan fingerprint density at radius 2 is 2.33 bits per heavy atom. The molecule has 12 heavy (non-hydrogen) atoms. The first-order valence-corrected chi connectivity index (χ1v) is 3.82. The zero-order chi connectivity index (χ0) is 8.97. The van der Waals surface area contributed by atoms with Gasteiger partial charge in [0, 0.05) is 13.5 Å². The minimum absolute atomic E-state index is 0.0287.